The molecule has 2 aromatic rings. The Balaban J connectivity index is 1.64. The summed E-state index contributed by atoms with van der Waals surface area (Å²) in [4.78, 5) is 25.0. The Hall–Kier alpha value is -2.54. The van der Waals surface area contributed by atoms with Crippen LogP contribution in [-0.4, -0.2) is 53.1 Å². The van der Waals surface area contributed by atoms with E-state index in [0.29, 0.717) is 36.3 Å². The molecule has 1 aromatic heterocycles. The van der Waals surface area contributed by atoms with Gasteiger partial charge in [-0.2, -0.15) is 0 Å². The van der Waals surface area contributed by atoms with Crippen LogP contribution < -0.4 is 15.0 Å². The predicted octanol–water partition coefficient (Wildman–Crippen LogP) is 4.25. The Morgan fingerprint density at radius 3 is 2.90 bits per heavy atom. The first-order chi connectivity index (χ1) is 14.0. The van der Waals surface area contributed by atoms with E-state index in [-0.39, 0.29) is 12.1 Å². The molecule has 1 aliphatic heterocycles. The first-order valence-electron chi connectivity index (χ1n) is 10.0. The molecule has 0 bridgehead atoms. The first-order valence-corrected chi connectivity index (χ1v) is 10.4. The summed E-state index contributed by atoms with van der Waals surface area (Å²) in [5.41, 5.74) is 1.06. The Labute approximate surface area is 177 Å². The van der Waals surface area contributed by atoms with Gasteiger partial charge in [0.2, 0.25) is 5.88 Å². The minimum absolute atomic E-state index is 0.00593. The second kappa shape index (κ2) is 9.78. The summed E-state index contributed by atoms with van der Waals surface area (Å²) in [6.45, 7) is 8.90. The standard InChI is InChI=1S/C21H28ClN5O2/c1-4-5-8-23-21(28)27-10-9-26(13-16(27)3)19-12-20(25-14-24-19)29-18-11-15(2)6-7-17(18)22/h6-7,11-12,14,16H,4-5,8-10,13H2,1-3H3,(H,23,28). The molecular weight excluding hydrogens is 390 g/mol. The molecule has 0 spiro atoms. The zero-order chi connectivity index (χ0) is 20.8. The third-order valence-corrected chi connectivity index (χ3v) is 5.26. The normalized spacial score (nSPS) is 16.6. The topological polar surface area (TPSA) is 70.6 Å². The van der Waals surface area contributed by atoms with Gasteiger partial charge in [0.15, 0.2) is 0 Å². The van der Waals surface area contributed by atoms with E-state index in [9.17, 15) is 4.79 Å². The summed E-state index contributed by atoms with van der Waals surface area (Å²) in [6, 6.07) is 7.51. The fraction of sp³-hybridized carbons (Fsp3) is 0.476. The maximum absolute atomic E-state index is 12.4. The molecule has 156 valence electrons. The molecule has 1 saturated heterocycles. The summed E-state index contributed by atoms with van der Waals surface area (Å²) >= 11 is 6.22. The van der Waals surface area contributed by atoms with Crippen molar-refractivity contribution in [3.05, 3.63) is 41.2 Å². The summed E-state index contributed by atoms with van der Waals surface area (Å²) in [5, 5.41) is 3.53. The fourth-order valence-corrected chi connectivity index (χ4v) is 3.46. The van der Waals surface area contributed by atoms with Gasteiger partial charge in [0.1, 0.15) is 17.9 Å². The molecule has 1 fully saturated rings. The predicted molar refractivity (Wildman–Crippen MR) is 115 cm³/mol. The number of aromatic nitrogens is 2. The van der Waals surface area contributed by atoms with Crippen LogP contribution in [0.25, 0.3) is 0 Å². The van der Waals surface area contributed by atoms with E-state index in [0.717, 1.165) is 30.8 Å². The number of aryl methyl sites for hydroxylation is 1. The van der Waals surface area contributed by atoms with Gasteiger partial charge in [-0.05, 0) is 38.0 Å². The van der Waals surface area contributed by atoms with Crippen LogP contribution >= 0.6 is 11.6 Å². The number of amides is 2. The van der Waals surface area contributed by atoms with Gasteiger partial charge in [-0.1, -0.05) is 31.0 Å². The molecule has 2 amide bonds. The van der Waals surface area contributed by atoms with Gasteiger partial charge in [0, 0.05) is 38.3 Å². The van der Waals surface area contributed by atoms with Crippen LogP contribution in [0.5, 0.6) is 11.6 Å². The minimum Gasteiger partial charge on any atom is -0.437 e. The number of benzene rings is 1. The molecule has 1 aliphatic rings. The Morgan fingerprint density at radius 2 is 2.14 bits per heavy atom. The highest BCUT2D eigenvalue weighted by atomic mass is 35.5. The molecule has 3 rings (SSSR count). The van der Waals surface area contributed by atoms with Crippen LogP contribution in [0.4, 0.5) is 10.6 Å². The number of unbranched alkanes of at least 4 members (excludes halogenated alkanes) is 1. The number of nitrogens with one attached hydrogen (secondary N) is 1. The van der Waals surface area contributed by atoms with Crippen LogP contribution in [0.2, 0.25) is 5.02 Å². The molecule has 8 heteroatoms. The van der Waals surface area contributed by atoms with E-state index >= 15 is 0 Å². The van der Waals surface area contributed by atoms with Crippen molar-refractivity contribution in [2.24, 2.45) is 0 Å². The van der Waals surface area contributed by atoms with Gasteiger partial charge in [-0.15, -0.1) is 0 Å². The lowest BCUT2D eigenvalue weighted by atomic mass is 10.2. The van der Waals surface area contributed by atoms with E-state index in [1.807, 2.05) is 30.0 Å². The smallest absolute Gasteiger partial charge is 0.317 e. The van der Waals surface area contributed by atoms with Crippen LogP contribution in [0.15, 0.2) is 30.6 Å². The average molecular weight is 418 g/mol. The number of carbonyl (C=O) groups is 1. The van der Waals surface area contributed by atoms with Crippen molar-refractivity contribution in [1.29, 1.82) is 0 Å². The van der Waals surface area contributed by atoms with Crippen molar-refractivity contribution in [2.75, 3.05) is 31.1 Å². The van der Waals surface area contributed by atoms with E-state index in [4.69, 9.17) is 16.3 Å². The number of anilines is 1. The highest BCUT2D eigenvalue weighted by Crippen LogP contribution is 2.30. The highest BCUT2D eigenvalue weighted by molar-refractivity contribution is 6.32. The third kappa shape index (κ3) is 5.50. The maximum atomic E-state index is 12.4. The number of nitrogens with zero attached hydrogens (tertiary/aromatic N) is 4. The first kappa shape index (κ1) is 21.2. The summed E-state index contributed by atoms with van der Waals surface area (Å²) in [7, 11) is 0. The zero-order valence-corrected chi connectivity index (χ0v) is 17.9. The van der Waals surface area contributed by atoms with E-state index in [1.54, 1.807) is 6.07 Å². The molecule has 1 atom stereocenters. The van der Waals surface area contributed by atoms with Crippen molar-refractivity contribution in [2.45, 2.75) is 39.7 Å². The van der Waals surface area contributed by atoms with Gasteiger partial charge >= 0.3 is 6.03 Å². The second-order valence-electron chi connectivity index (χ2n) is 7.32. The Bertz CT molecular complexity index is 848. The van der Waals surface area contributed by atoms with Crippen LogP contribution in [0.1, 0.15) is 32.3 Å². The van der Waals surface area contributed by atoms with Gasteiger partial charge in [0.25, 0.3) is 0 Å². The Morgan fingerprint density at radius 1 is 1.31 bits per heavy atom. The van der Waals surface area contributed by atoms with Crippen LogP contribution in [0, 0.1) is 6.92 Å². The highest BCUT2D eigenvalue weighted by Gasteiger charge is 2.28. The molecule has 0 radical (unpaired) electrons. The lowest BCUT2D eigenvalue weighted by Gasteiger charge is -2.40. The zero-order valence-electron chi connectivity index (χ0n) is 17.2. The largest absolute Gasteiger partial charge is 0.437 e. The number of urea groups is 1. The SMILES string of the molecule is CCCCNC(=O)N1CCN(c2cc(Oc3cc(C)ccc3Cl)ncn2)CC1C. The third-order valence-electron chi connectivity index (χ3n) is 4.95. The minimum atomic E-state index is 0.00593. The molecular formula is C21H28ClN5O2. The fourth-order valence-electron chi connectivity index (χ4n) is 3.30. The van der Waals surface area contributed by atoms with Gasteiger partial charge in [0.05, 0.1) is 5.02 Å². The molecule has 1 N–H and O–H groups in total. The lowest BCUT2D eigenvalue weighted by molar-refractivity contribution is 0.171. The van der Waals surface area contributed by atoms with Crippen molar-refractivity contribution in [1.82, 2.24) is 20.2 Å². The number of hydrogen-bond donors (Lipinski definition) is 1. The maximum Gasteiger partial charge on any atom is 0.317 e. The number of piperazine rings is 1. The number of hydrogen-bond acceptors (Lipinski definition) is 5. The molecule has 0 saturated carbocycles. The molecule has 29 heavy (non-hydrogen) atoms. The summed E-state index contributed by atoms with van der Waals surface area (Å²) in [5.74, 6) is 1.78. The molecule has 0 aliphatic carbocycles. The van der Waals surface area contributed by atoms with E-state index in [2.05, 4.69) is 34.0 Å². The number of rotatable bonds is 6. The van der Waals surface area contributed by atoms with Crippen LogP contribution in [0.3, 0.4) is 0 Å². The molecule has 1 unspecified atom stereocenters. The summed E-state index contributed by atoms with van der Waals surface area (Å²) in [6.07, 6.45) is 3.55. The van der Waals surface area contributed by atoms with Crippen molar-refractivity contribution in [3.63, 3.8) is 0 Å². The van der Waals surface area contributed by atoms with E-state index < -0.39 is 0 Å². The quantitative estimate of drug-likeness (QED) is 0.711. The average Bonchev–Trinajstić information content (AvgIpc) is 2.71. The van der Waals surface area contributed by atoms with Crippen molar-refractivity contribution in [3.8, 4) is 11.6 Å². The monoisotopic (exact) mass is 417 g/mol. The molecule has 1 aromatic carbocycles. The number of halogens is 1. The van der Waals surface area contributed by atoms with Gasteiger partial charge < -0.3 is 19.9 Å². The lowest BCUT2D eigenvalue weighted by Crippen LogP contribution is -2.56. The van der Waals surface area contributed by atoms with Crippen molar-refractivity contribution >= 4 is 23.4 Å². The van der Waals surface area contributed by atoms with E-state index in [1.165, 1.54) is 6.33 Å². The Kier molecular flexibility index (Phi) is 7.14. The van der Waals surface area contributed by atoms with Gasteiger partial charge in [-0.25, -0.2) is 14.8 Å². The molecule has 2 heterocycles. The van der Waals surface area contributed by atoms with Gasteiger partial charge in [-0.3, -0.25) is 0 Å². The number of ether oxygens (including phenoxy) is 1. The second-order valence-corrected chi connectivity index (χ2v) is 7.73. The molecule has 7 nitrogen and oxygen atoms in total. The van der Waals surface area contributed by atoms with Crippen molar-refractivity contribution < 1.29 is 9.53 Å². The number of carbonyl (C=O) groups excluding carboxylic acids is 1. The summed E-state index contributed by atoms with van der Waals surface area (Å²) < 4.78 is 5.88. The van der Waals surface area contributed by atoms with Crippen LogP contribution in [-0.2, 0) is 0 Å².